The number of fused-ring (bicyclic) bond motifs is 1. The third-order valence-electron chi connectivity index (χ3n) is 4.33. The van der Waals surface area contributed by atoms with Crippen LogP contribution in [0.1, 0.15) is 0 Å². The van der Waals surface area contributed by atoms with Gasteiger partial charge in [0.15, 0.2) is 0 Å². The first-order chi connectivity index (χ1) is 14.3. The van der Waals surface area contributed by atoms with Gasteiger partial charge < -0.3 is 9.97 Å². The summed E-state index contributed by atoms with van der Waals surface area (Å²) in [5, 5.41) is 7.95. The summed E-state index contributed by atoms with van der Waals surface area (Å²) in [7, 11) is -0.877. The number of rotatable bonds is 3. The van der Waals surface area contributed by atoms with Gasteiger partial charge in [0.1, 0.15) is 15.9 Å². The molecule has 0 atom stereocenters. The molecule has 0 aliphatic carbocycles. The maximum atomic E-state index is 10.9. The molecule has 0 N–H and O–H groups in total. The molecule has 0 spiro atoms. The Morgan fingerprint density at radius 3 is 1.60 bits per heavy atom. The summed E-state index contributed by atoms with van der Waals surface area (Å²) in [4.78, 5) is 18.4. The predicted molar refractivity (Wildman–Crippen MR) is 119 cm³/mol. The fourth-order valence-corrected chi connectivity index (χ4v) is 5.61. The van der Waals surface area contributed by atoms with Gasteiger partial charge in [0.05, 0.1) is 14.2 Å². The van der Waals surface area contributed by atoms with Crippen molar-refractivity contribution >= 4 is 29.6 Å². The average Bonchev–Trinajstić information content (AvgIpc) is 3.27. The van der Waals surface area contributed by atoms with E-state index in [1.54, 1.807) is 0 Å². The van der Waals surface area contributed by atoms with E-state index in [1.807, 2.05) is 0 Å². The van der Waals surface area contributed by atoms with Gasteiger partial charge >= 0.3 is 22.4 Å². The van der Waals surface area contributed by atoms with Crippen molar-refractivity contribution in [1.82, 2.24) is 19.6 Å². The second kappa shape index (κ2) is 10.8. The molecule has 0 unspecified atom stereocenters. The first-order valence-electron chi connectivity index (χ1n) is 9.18. The molecule has 5 aromatic rings. The van der Waals surface area contributed by atoms with Gasteiger partial charge in [0.2, 0.25) is 5.56 Å². The van der Waals surface area contributed by atoms with Crippen LogP contribution >= 0.6 is 7.92 Å². The van der Waals surface area contributed by atoms with Crippen LogP contribution in [0.5, 0.6) is 0 Å². The standard InChI is InChI=1S/C18H15P.C5H4N4O.Au/c1-4-10-16(11-5-1)19(17-12-6-2-7-13-17)18-14-8-3-9-15-18;10-4-1-2-6-5-7-3-8-9(4)5;/h1-15H;1-3H,(H,6,7,8,10);/q;;+1. The van der Waals surface area contributed by atoms with Gasteiger partial charge in [0.25, 0.3) is 0 Å². The Morgan fingerprint density at radius 1 is 0.700 bits per heavy atom. The van der Waals surface area contributed by atoms with E-state index in [4.69, 9.17) is 0 Å². The van der Waals surface area contributed by atoms with Crippen LogP contribution in [0.2, 0.25) is 0 Å². The number of hydrogen-bond donors (Lipinski definition) is 0. The molecule has 2 heterocycles. The van der Waals surface area contributed by atoms with E-state index in [-0.39, 0.29) is 27.9 Å². The minimum Gasteiger partial charge on any atom is -0.365 e. The normalized spacial score (nSPS) is 10.2. The van der Waals surface area contributed by atoms with Crippen LogP contribution in [-0.4, -0.2) is 14.6 Å². The van der Waals surface area contributed by atoms with Crippen molar-refractivity contribution < 1.29 is 22.4 Å². The summed E-state index contributed by atoms with van der Waals surface area (Å²) in [6.07, 6.45) is 2.70. The van der Waals surface area contributed by atoms with E-state index in [1.165, 1.54) is 34.5 Å². The third-order valence-corrected chi connectivity index (χ3v) is 7.07. The Kier molecular flexibility index (Phi) is 7.89. The van der Waals surface area contributed by atoms with E-state index < -0.39 is 7.92 Å². The molecule has 0 aliphatic heterocycles. The van der Waals surface area contributed by atoms with Crippen molar-refractivity contribution in [2.75, 3.05) is 0 Å². The molecule has 0 saturated heterocycles. The Labute approximate surface area is 191 Å². The Bertz CT molecular complexity index is 1130. The monoisotopic (exact) mass is 595 g/mol. The van der Waals surface area contributed by atoms with Crippen molar-refractivity contribution in [2.24, 2.45) is 0 Å². The van der Waals surface area contributed by atoms with Crippen LogP contribution in [0, 0.1) is 0 Å². The molecule has 0 radical (unpaired) electrons. The Hall–Kier alpha value is -2.82. The molecule has 0 saturated carbocycles. The zero-order valence-electron chi connectivity index (χ0n) is 15.9. The van der Waals surface area contributed by atoms with Crippen LogP contribution in [-0.2, 0) is 22.4 Å². The third kappa shape index (κ3) is 5.21. The first kappa shape index (κ1) is 21.9. The summed E-state index contributed by atoms with van der Waals surface area (Å²) in [5.74, 6) is 0.340. The van der Waals surface area contributed by atoms with Gasteiger partial charge in [-0.15, -0.1) is 0 Å². The average molecular weight is 595 g/mol. The second-order valence-corrected chi connectivity index (χ2v) is 8.71. The smallest absolute Gasteiger partial charge is 0.365 e. The summed E-state index contributed by atoms with van der Waals surface area (Å²) < 4.78 is 1.14. The molecule has 152 valence electrons. The maximum absolute atomic E-state index is 10.9. The molecule has 0 fully saturated rings. The molecule has 3 aromatic carbocycles. The zero-order chi connectivity index (χ0) is 19.9. The summed E-state index contributed by atoms with van der Waals surface area (Å²) in [5.41, 5.74) is -0.206. The van der Waals surface area contributed by atoms with Gasteiger partial charge in [-0.25, -0.2) is 5.10 Å². The molecule has 5 nitrogen and oxygen atoms in total. The van der Waals surface area contributed by atoms with Gasteiger partial charge in [-0.3, -0.25) is 9.31 Å². The molecule has 2 aromatic heterocycles. The zero-order valence-corrected chi connectivity index (χ0v) is 19.1. The Morgan fingerprint density at radius 2 is 1.17 bits per heavy atom. The van der Waals surface area contributed by atoms with Crippen molar-refractivity contribution in [3.63, 3.8) is 0 Å². The minimum absolute atomic E-state index is 0. The summed E-state index contributed by atoms with van der Waals surface area (Å²) in [6, 6.07) is 33.8. The fraction of sp³-hybridized carbons (Fsp3) is 0. The van der Waals surface area contributed by atoms with Gasteiger partial charge in [0, 0.05) is 5.78 Å². The van der Waals surface area contributed by atoms with Crippen molar-refractivity contribution in [3.8, 4) is 0 Å². The van der Waals surface area contributed by atoms with E-state index in [0.29, 0.717) is 5.78 Å². The van der Waals surface area contributed by atoms with E-state index in [0.717, 1.165) is 4.52 Å². The van der Waals surface area contributed by atoms with Crippen molar-refractivity contribution in [1.29, 1.82) is 0 Å². The number of hydrogen-bond acceptors (Lipinski definition) is 3. The SMILES string of the molecule is O=c1cc[n-]c2ncnn12.[Au+].c1ccc([PH+](c2ccccc2)c2ccccc2)cc1. The second-order valence-electron chi connectivity index (χ2n) is 6.23. The minimum atomic E-state index is -0.877. The molecule has 0 bridgehead atoms. The molecular formula is C23H19AuN4OP+. The molecule has 0 amide bonds. The van der Waals surface area contributed by atoms with Crippen molar-refractivity contribution in [3.05, 3.63) is 120 Å². The molecule has 0 aliphatic rings. The number of nitrogens with zero attached hydrogens (tertiary/aromatic N) is 4. The van der Waals surface area contributed by atoms with Crippen LogP contribution in [0.4, 0.5) is 0 Å². The Balaban J connectivity index is 0.000000197. The quantitative estimate of drug-likeness (QED) is 0.237. The molecule has 30 heavy (non-hydrogen) atoms. The summed E-state index contributed by atoms with van der Waals surface area (Å²) >= 11 is 0. The van der Waals surface area contributed by atoms with E-state index >= 15 is 0 Å². The van der Waals surface area contributed by atoms with Crippen LogP contribution in [0.15, 0.2) is 114 Å². The van der Waals surface area contributed by atoms with E-state index in [9.17, 15) is 4.79 Å². The number of benzene rings is 3. The van der Waals surface area contributed by atoms with Gasteiger partial charge in [-0.2, -0.15) is 0 Å². The largest absolute Gasteiger partial charge is 1.00 e. The maximum Gasteiger partial charge on any atom is 1.00 e. The van der Waals surface area contributed by atoms with Crippen molar-refractivity contribution in [2.45, 2.75) is 0 Å². The first-order valence-corrected chi connectivity index (χ1v) is 10.7. The molecular weight excluding hydrogens is 576 g/mol. The fourth-order valence-electron chi connectivity index (χ4n) is 3.03. The molecule has 5 rings (SSSR count). The van der Waals surface area contributed by atoms with Gasteiger partial charge in [-0.05, 0) is 48.7 Å². The predicted octanol–water partition coefficient (Wildman–Crippen LogP) is 2.22. The molecule has 7 heteroatoms. The van der Waals surface area contributed by atoms with Gasteiger partial charge in [-0.1, -0.05) is 54.6 Å². The van der Waals surface area contributed by atoms with Crippen LogP contribution < -0.4 is 26.5 Å². The number of aromatic nitrogens is 4. The summed E-state index contributed by atoms with van der Waals surface area (Å²) in [6.45, 7) is 0. The van der Waals surface area contributed by atoms with Crippen LogP contribution in [0.3, 0.4) is 0 Å². The van der Waals surface area contributed by atoms with E-state index in [2.05, 4.69) is 106 Å². The van der Waals surface area contributed by atoms with Crippen LogP contribution in [0.25, 0.3) is 5.78 Å². The topological polar surface area (TPSA) is 61.4 Å².